The van der Waals surface area contributed by atoms with Crippen molar-refractivity contribution >= 4 is 21.8 Å². The van der Waals surface area contributed by atoms with Gasteiger partial charge in [-0.2, -0.15) is 0 Å². The molecule has 206 valence electrons. The van der Waals surface area contributed by atoms with E-state index in [0.717, 1.165) is 35.3 Å². The van der Waals surface area contributed by atoms with Gasteiger partial charge in [0, 0.05) is 25.6 Å². The van der Waals surface area contributed by atoms with Crippen molar-refractivity contribution in [1.29, 1.82) is 0 Å². The lowest BCUT2D eigenvalue weighted by molar-refractivity contribution is -0.140. The Morgan fingerprint density at radius 1 is 0.923 bits per heavy atom. The van der Waals surface area contributed by atoms with Crippen molar-refractivity contribution in [3.8, 4) is 5.75 Å². The Labute approximate surface area is 230 Å². The second-order valence-corrected chi connectivity index (χ2v) is 11.5. The lowest BCUT2D eigenvalue weighted by atomic mass is 10.1. The first-order valence-electron chi connectivity index (χ1n) is 13.1. The zero-order valence-electron chi connectivity index (χ0n) is 22.3. The summed E-state index contributed by atoms with van der Waals surface area (Å²) >= 11 is 0. The minimum absolute atomic E-state index is 0.0401. The highest BCUT2D eigenvalue weighted by atomic mass is 32.2. The Kier molecular flexibility index (Phi) is 9.37. The van der Waals surface area contributed by atoms with Gasteiger partial charge in [0.1, 0.15) is 11.8 Å². The molecule has 0 heterocycles. The molecule has 3 aromatic carbocycles. The van der Waals surface area contributed by atoms with Crippen LogP contribution >= 0.6 is 0 Å². The molecule has 0 bridgehead atoms. The molecule has 9 heteroatoms. The average molecular weight is 550 g/mol. The van der Waals surface area contributed by atoms with E-state index in [1.54, 1.807) is 43.2 Å². The summed E-state index contributed by atoms with van der Waals surface area (Å²) in [5.41, 5.74) is 2.71. The van der Waals surface area contributed by atoms with E-state index in [-0.39, 0.29) is 29.2 Å². The highest BCUT2D eigenvalue weighted by Gasteiger charge is 2.28. The van der Waals surface area contributed by atoms with Crippen LogP contribution in [0.3, 0.4) is 0 Å². The van der Waals surface area contributed by atoms with Gasteiger partial charge in [-0.1, -0.05) is 54.6 Å². The maximum Gasteiger partial charge on any atom is 0.242 e. The van der Waals surface area contributed by atoms with E-state index < -0.39 is 16.1 Å². The topological polar surface area (TPSA) is 105 Å². The molecule has 1 atom stereocenters. The third-order valence-electron chi connectivity index (χ3n) is 6.75. The Morgan fingerprint density at radius 3 is 2.18 bits per heavy atom. The van der Waals surface area contributed by atoms with Gasteiger partial charge in [-0.3, -0.25) is 9.59 Å². The van der Waals surface area contributed by atoms with Crippen LogP contribution in [0.4, 0.5) is 0 Å². The van der Waals surface area contributed by atoms with Crippen molar-refractivity contribution in [2.45, 2.75) is 62.7 Å². The van der Waals surface area contributed by atoms with Gasteiger partial charge < -0.3 is 15.0 Å². The number of hydrogen-bond acceptors (Lipinski definition) is 5. The number of ether oxygens (including phenoxy) is 1. The molecule has 1 saturated carbocycles. The van der Waals surface area contributed by atoms with E-state index in [9.17, 15) is 18.0 Å². The highest BCUT2D eigenvalue weighted by molar-refractivity contribution is 7.89. The number of carbonyl (C=O) groups is 2. The van der Waals surface area contributed by atoms with Crippen molar-refractivity contribution in [2.75, 3.05) is 7.11 Å². The number of methoxy groups -OCH3 is 1. The first-order chi connectivity index (χ1) is 18.7. The van der Waals surface area contributed by atoms with Crippen LogP contribution in [-0.2, 0) is 39.1 Å². The molecule has 8 nitrogen and oxygen atoms in total. The summed E-state index contributed by atoms with van der Waals surface area (Å²) in [6.45, 7) is 2.38. The van der Waals surface area contributed by atoms with E-state index >= 15 is 0 Å². The molecule has 0 spiro atoms. The quantitative estimate of drug-likeness (QED) is 0.338. The standard InChI is InChI=1S/C30H35N3O5S/c1-22(30(35)31-20-24-8-15-27(38-2)16-9-24)33(21-25-6-4-3-5-7-25)29(34)19-12-23-10-17-28(18-11-23)39(36,37)32-26-13-14-26/h3-11,15-18,22,26,32H,12-14,19-21H2,1-2H3,(H,31,35)/t22-/m0/s1. The van der Waals surface area contributed by atoms with Crippen LogP contribution < -0.4 is 14.8 Å². The molecule has 1 aliphatic rings. The van der Waals surface area contributed by atoms with E-state index in [0.29, 0.717) is 19.5 Å². The first kappa shape index (κ1) is 28.3. The number of aryl methyl sites for hydroxylation is 1. The van der Waals surface area contributed by atoms with Crippen LogP contribution in [0.2, 0.25) is 0 Å². The Balaban J connectivity index is 1.39. The molecular weight excluding hydrogens is 514 g/mol. The number of benzene rings is 3. The maximum atomic E-state index is 13.4. The average Bonchev–Trinajstić information content (AvgIpc) is 3.77. The molecule has 0 saturated heterocycles. The summed E-state index contributed by atoms with van der Waals surface area (Å²) in [6.07, 6.45) is 2.36. The van der Waals surface area contributed by atoms with Gasteiger partial charge in [0.15, 0.2) is 0 Å². The molecule has 3 aromatic rings. The lowest BCUT2D eigenvalue weighted by Crippen LogP contribution is -2.47. The summed E-state index contributed by atoms with van der Waals surface area (Å²) in [6, 6.07) is 23.0. The smallest absolute Gasteiger partial charge is 0.242 e. The van der Waals surface area contributed by atoms with E-state index in [2.05, 4.69) is 10.0 Å². The first-order valence-corrected chi connectivity index (χ1v) is 14.6. The number of carbonyl (C=O) groups excluding carboxylic acids is 2. The van der Waals surface area contributed by atoms with Crippen molar-refractivity contribution < 1.29 is 22.7 Å². The van der Waals surface area contributed by atoms with Gasteiger partial charge in [-0.15, -0.1) is 0 Å². The second-order valence-electron chi connectivity index (χ2n) is 9.79. The third kappa shape index (κ3) is 8.15. The molecule has 0 aromatic heterocycles. The molecule has 0 aliphatic heterocycles. The van der Waals surface area contributed by atoms with Crippen LogP contribution in [0.5, 0.6) is 5.75 Å². The normalized spacial score (nSPS) is 13.9. The monoisotopic (exact) mass is 549 g/mol. The molecule has 0 unspecified atom stereocenters. The largest absolute Gasteiger partial charge is 0.497 e. The maximum absolute atomic E-state index is 13.4. The van der Waals surface area contributed by atoms with Crippen LogP contribution in [0.15, 0.2) is 83.8 Å². The number of sulfonamides is 1. The third-order valence-corrected chi connectivity index (χ3v) is 8.29. The van der Waals surface area contributed by atoms with Gasteiger partial charge in [-0.25, -0.2) is 13.1 Å². The fourth-order valence-corrected chi connectivity index (χ4v) is 5.47. The van der Waals surface area contributed by atoms with Crippen molar-refractivity contribution in [3.05, 3.63) is 95.6 Å². The number of amides is 2. The van der Waals surface area contributed by atoms with Gasteiger partial charge >= 0.3 is 0 Å². The predicted molar refractivity (Wildman–Crippen MR) is 149 cm³/mol. The number of hydrogen-bond donors (Lipinski definition) is 2. The van der Waals surface area contributed by atoms with E-state index in [1.165, 1.54) is 0 Å². The molecule has 1 aliphatic carbocycles. The minimum Gasteiger partial charge on any atom is -0.497 e. The van der Waals surface area contributed by atoms with Crippen LogP contribution in [0.1, 0.15) is 42.9 Å². The van der Waals surface area contributed by atoms with E-state index in [1.807, 2.05) is 54.6 Å². The summed E-state index contributed by atoms with van der Waals surface area (Å²) < 4.78 is 32.7. The lowest BCUT2D eigenvalue weighted by Gasteiger charge is -2.29. The summed E-state index contributed by atoms with van der Waals surface area (Å²) in [5.74, 6) is 0.343. The van der Waals surface area contributed by atoms with Crippen LogP contribution in [0, 0.1) is 0 Å². The highest BCUT2D eigenvalue weighted by Crippen LogP contribution is 2.22. The Bertz CT molecular complexity index is 1360. The summed E-state index contributed by atoms with van der Waals surface area (Å²) in [5, 5.41) is 2.93. The number of rotatable bonds is 13. The fourth-order valence-electron chi connectivity index (χ4n) is 4.16. The fraction of sp³-hybridized carbons (Fsp3) is 0.333. The van der Waals surface area contributed by atoms with Crippen LogP contribution in [-0.4, -0.2) is 44.3 Å². The van der Waals surface area contributed by atoms with Crippen molar-refractivity contribution in [3.63, 3.8) is 0 Å². The second kappa shape index (κ2) is 12.9. The van der Waals surface area contributed by atoms with Crippen LogP contribution in [0.25, 0.3) is 0 Å². The van der Waals surface area contributed by atoms with E-state index in [4.69, 9.17) is 4.74 Å². The molecule has 0 radical (unpaired) electrons. The minimum atomic E-state index is -3.52. The summed E-state index contributed by atoms with van der Waals surface area (Å²) in [7, 11) is -1.92. The van der Waals surface area contributed by atoms with Crippen molar-refractivity contribution in [1.82, 2.24) is 14.9 Å². The van der Waals surface area contributed by atoms with Crippen molar-refractivity contribution in [2.24, 2.45) is 0 Å². The number of nitrogens with one attached hydrogen (secondary N) is 2. The number of nitrogens with zero attached hydrogens (tertiary/aromatic N) is 1. The van der Waals surface area contributed by atoms with Gasteiger partial charge in [0.25, 0.3) is 0 Å². The van der Waals surface area contributed by atoms with Gasteiger partial charge in [0.05, 0.1) is 12.0 Å². The van der Waals surface area contributed by atoms with Gasteiger partial charge in [-0.05, 0) is 67.1 Å². The Morgan fingerprint density at radius 2 is 1.56 bits per heavy atom. The molecule has 1 fully saturated rings. The molecule has 39 heavy (non-hydrogen) atoms. The zero-order chi connectivity index (χ0) is 27.8. The predicted octanol–water partition coefficient (Wildman–Crippen LogP) is 3.80. The Hall–Kier alpha value is -3.69. The SMILES string of the molecule is COc1ccc(CNC(=O)[C@H](C)N(Cc2ccccc2)C(=O)CCc2ccc(S(=O)(=O)NC3CC3)cc2)cc1. The molecular formula is C30H35N3O5S. The molecule has 4 rings (SSSR count). The van der Waals surface area contributed by atoms with Gasteiger partial charge in [0.2, 0.25) is 21.8 Å². The summed E-state index contributed by atoms with van der Waals surface area (Å²) in [4.78, 5) is 28.3. The molecule has 2 amide bonds. The zero-order valence-corrected chi connectivity index (χ0v) is 23.1. The molecule has 2 N–H and O–H groups in total.